The molecule has 2 aromatic carbocycles. The van der Waals surface area contributed by atoms with Gasteiger partial charge in [0.1, 0.15) is 5.82 Å². The van der Waals surface area contributed by atoms with Gasteiger partial charge in [-0.3, -0.25) is 0 Å². The predicted octanol–water partition coefficient (Wildman–Crippen LogP) is 4.31. The summed E-state index contributed by atoms with van der Waals surface area (Å²) in [5.41, 5.74) is 7.64. The largest absolute Gasteiger partial charge is 0.324 e. The van der Waals surface area contributed by atoms with Crippen molar-refractivity contribution < 1.29 is 4.39 Å². The minimum Gasteiger partial charge on any atom is -0.324 e. The zero-order valence-electron chi connectivity index (χ0n) is 10.5. The Labute approximate surface area is 111 Å². The Morgan fingerprint density at radius 2 is 1.78 bits per heavy atom. The van der Waals surface area contributed by atoms with E-state index in [2.05, 4.69) is 0 Å². The van der Waals surface area contributed by atoms with Crippen LogP contribution in [0.1, 0.15) is 24.1 Å². The van der Waals surface area contributed by atoms with E-state index in [4.69, 9.17) is 5.73 Å². The number of rotatable bonds is 3. The highest BCUT2D eigenvalue weighted by atomic mass is 32.2. The second-order valence-electron chi connectivity index (χ2n) is 4.36. The van der Waals surface area contributed by atoms with Crippen LogP contribution in [-0.2, 0) is 0 Å². The van der Waals surface area contributed by atoms with Gasteiger partial charge in [0.15, 0.2) is 0 Å². The highest BCUT2D eigenvalue weighted by Gasteiger charge is 2.13. The van der Waals surface area contributed by atoms with E-state index in [0.717, 1.165) is 9.79 Å². The van der Waals surface area contributed by atoms with Crippen molar-refractivity contribution in [2.24, 2.45) is 5.73 Å². The van der Waals surface area contributed by atoms with Crippen LogP contribution in [0.5, 0.6) is 0 Å². The maximum absolute atomic E-state index is 13.8. The summed E-state index contributed by atoms with van der Waals surface area (Å²) in [5.74, 6) is -0.234. The lowest BCUT2D eigenvalue weighted by Gasteiger charge is -2.13. The molecule has 0 aromatic heterocycles. The van der Waals surface area contributed by atoms with E-state index in [0.29, 0.717) is 5.56 Å². The number of halogens is 1. The van der Waals surface area contributed by atoms with Crippen LogP contribution in [-0.4, -0.2) is 0 Å². The molecule has 2 N–H and O–H groups in total. The summed E-state index contributed by atoms with van der Waals surface area (Å²) < 4.78 is 13.8. The number of nitrogens with two attached hydrogens (primary N) is 1. The van der Waals surface area contributed by atoms with Crippen molar-refractivity contribution in [3.8, 4) is 0 Å². The Morgan fingerprint density at radius 3 is 2.39 bits per heavy atom. The number of hydrogen-bond acceptors (Lipinski definition) is 2. The topological polar surface area (TPSA) is 26.0 Å². The van der Waals surface area contributed by atoms with E-state index in [9.17, 15) is 4.39 Å². The lowest BCUT2D eigenvalue weighted by atomic mass is 10.1. The van der Waals surface area contributed by atoms with Crippen molar-refractivity contribution >= 4 is 11.8 Å². The summed E-state index contributed by atoms with van der Waals surface area (Å²) in [6.07, 6.45) is 0. The van der Waals surface area contributed by atoms with E-state index in [1.807, 2.05) is 37.3 Å². The Kier molecular flexibility index (Phi) is 4.04. The second-order valence-corrected chi connectivity index (χ2v) is 5.47. The number of hydrogen-bond donors (Lipinski definition) is 1. The lowest BCUT2D eigenvalue weighted by Crippen LogP contribution is -2.08. The third kappa shape index (κ3) is 2.92. The van der Waals surface area contributed by atoms with Gasteiger partial charge in [0.05, 0.1) is 0 Å². The third-order valence-electron chi connectivity index (χ3n) is 2.72. The first kappa shape index (κ1) is 13.1. The molecule has 0 aliphatic heterocycles. The fraction of sp³-hybridized carbons (Fsp3) is 0.200. The molecule has 0 radical (unpaired) electrons. The molecule has 2 rings (SSSR count). The highest BCUT2D eigenvalue weighted by Crippen LogP contribution is 2.34. The Morgan fingerprint density at radius 1 is 1.11 bits per heavy atom. The summed E-state index contributed by atoms with van der Waals surface area (Å²) in [7, 11) is 0. The minimum atomic E-state index is -0.306. The molecule has 1 atom stereocenters. The van der Waals surface area contributed by atoms with Gasteiger partial charge in [0, 0.05) is 21.4 Å². The molecule has 0 spiro atoms. The lowest BCUT2D eigenvalue weighted by molar-refractivity contribution is 0.585. The Balaban J connectivity index is 2.34. The molecule has 0 amide bonds. The molecule has 0 unspecified atom stereocenters. The van der Waals surface area contributed by atoms with E-state index in [1.165, 1.54) is 11.6 Å². The van der Waals surface area contributed by atoms with Gasteiger partial charge in [-0.05, 0) is 38.1 Å². The van der Waals surface area contributed by atoms with Crippen LogP contribution in [0.3, 0.4) is 0 Å². The van der Waals surface area contributed by atoms with Crippen LogP contribution in [0.2, 0.25) is 0 Å². The van der Waals surface area contributed by atoms with E-state index >= 15 is 0 Å². The van der Waals surface area contributed by atoms with Crippen molar-refractivity contribution in [3.63, 3.8) is 0 Å². The smallest absolute Gasteiger partial charge is 0.129 e. The average Bonchev–Trinajstić information content (AvgIpc) is 2.32. The molecule has 0 saturated heterocycles. The van der Waals surface area contributed by atoms with Gasteiger partial charge in [-0.25, -0.2) is 4.39 Å². The van der Waals surface area contributed by atoms with Gasteiger partial charge in [-0.1, -0.05) is 35.5 Å². The maximum Gasteiger partial charge on any atom is 0.129 e. The van der Waals surface area contributed by atoms with Crippen molar-refractivity contribution in [1.82, 2.24) is 0 Å². The molecule has 0 fully saturated rings. The molecule has 0 aliphatic carbocycles. The quantitative estimate of drug-likeness (QED) is 0.891. The molecule has 1 nitrogen and oxygen atoms in total. The van der Waals surface area contributed by atoms with Crippen LogP contribution in [0.25, 0.3) is 0 Å². The number of aryl methyl sites for hydroxylation is 1. The molecular weight excluding hydrogens is 245 g/mol. The molecular formula is C15H16FNS. The van der Waals surface area contributed by atoms with Crippen LogP contribution >= 0.6 is 11.8 Å². The van der Waals surface area contributed by atoms with E-state index < -0.39 is 0 Å². The van der Waals surface area contributed by atoms with Crippen LogP contribution in [0.4, 0.5) is 4.39 Å². The van der Waals surface area contributed by atoms with Crippen molar-refractivity contribution in [1.29, 1.82) is 0 Å². The van der Waals surface area contributed by atoms with Crippen LogP contribution in [0, 0.1) is 12.7 Å². The fourth-order valence-electron chi connectivity index (χ4n) is 1.78. The van der Waals surface area contributed by atoms with Gasteiger partial charge < -0.3 is 5.73 Å². The van der Waals surface area contributed by atoms with Gasteiger partial charge in [0.2, 0.25) is 0 Å². The standard InChI is InChI=1S/C15H16FNS/c1-10-6-8-12(9-7-10)18-14-5-3-4-13(16)15(14)11(2)17/h3-9,11H,17H2,1-2H3/t11-/m1/s1. The zero-order valence-corrected chi connectivity index (χ0v) is 11.3. The van der Waals surface area contributed by atoms with Gasteiger partial charge >= 0.3 is 0 Å². The first-order valence-electron chi connectivity index (χ1n) is 5.86. The van der Waals surface area contributed by atoms with Crippen LogP contribution in [0.15, 0.2) is 52.3 Å². The predicted molar refractivity (Wildman–Crippen MR) is 74.3 cm³/mol. The summed E-state index contributed by atoms with van der Waals surface area (Å²) >= 11 is 1.55. The molecule has 3 heteroatoms. The van der Waals surface area contributed by atoms with E-state index in [1.54, 1.807) is 24.8 Å². The summed E-state index contributed by atoms with van der Waals surface area (Å²) in [6, 6.07) is 13.0. The third-order valence-corrected chi connectivity index (χ3v) is 3.80. The Hall–Kier alpha value is -1.32. The first-order valence-corrected chi connectivity index (χ1v) is 6.68. The summed E-state index contributed by atoms with van der Waals surface area (Å²) in [4.78, 5) is 1.97. The molecule has 0 aliphatic rings. The van der Waals surface area contributed by atoms with Crippen molar-refractivity contribution in [2.45, 2.75) is 29.7 Å². The fourth-order valence-corrected chi connectivity index (χ4v) is 2.85. The zero-order chi connectivity index (χ0) is 13.1. The van der Waals surface area contributed by atoms with Crippen LogP contribution < -0.4 is 5.73 Å². The molecule has 2 aromatic rings. The maximum atomic E-state index is 13.8. The monoisotopic (exact) mass is 261 g/mol. The average molecular weight is 261 g/mol. The van der Waals surface area contributed by atoms with Crippen molar-refractivity contribution in [2.75, 3.05) is 0 Å². The molecule has 0 bridgehead atoms. The molecule has 94 valence electrons. The molecule has 18 heavy (non-hydrogen) atoms. The normalized spacial score (nSPS) is 12.4. The minimum absolute atomic E-state index is 0.234. The highest BCUT2D eigenvalue weighted by molar-refractivity contribution is 7.99. The summed E-state index contributed by atoms with van der Waals surface area (Å²) in [5, 5.41) is 0. The number of benzene rings is 2. The van der Waals surface area contributed by atoms with Crippen molar-refractivity contribution in [3.05, 3.63) is 59.4 Å². The molecule has 0 saturated carbocycles. The van der Waals surface area contributed by atoms with Gasteiger partial charge in [-0.2, -0.15) is 0 Å². The molecule has 0 heterocycles. The van der Waals surface area contributed by atoms with Gasteiger partial charge in [0.25, 0.3) is 0 Å². The van der Waals surface area contributed by atoms with Gasteiger partial charge in [-0.15, -0.1) is 0 Å². The second kappa shape index (κ2) is 5.55. The first-order chi connectivity index (χ1) is 8.58. The Bertz CT molecular complexity index is 535. The van der Waals surface area contributed by atoms with E-state index in [-0.39, 0.29) is 11.9 Å². The summed E-state index contributed by atoms with van der Waals surface area (Å²) in [6.45, 7) is 3.85. The SMILES string of the molecule is Cc1ccc(Sc2cccc(F)c2[C@@H](C)N)cc1.